The van der Waals surface area contributed by atoms with Crippen molar-refractivity contribution in [2.45, 2.75) is 13.8 Å². The monoisotopic (exact) mass is 268 g/mol. The predicted octanol–water partition coefficient (Wildman–Crippen LogP) is 3.95. The molecule has 0 atom stereocenters. The highest BCUT2D eigenvalue weighted by molar-refractivity contribution is 5.80. The van der Waals surface area contributed by atoms with Gasteiger partial charge in [-0.2, -0.15) is 0 Å². The van der Waals surface area contributed by atoms with Gasteiger partial charge in [-0.15, -0.1) is 0 Å². The van der Waals surface area contributed by atoms with Crippen LogP contribution in [0.1, 0.15) is 19.4 Å². The second kappa shape index (κ2) is 7.34. The fraction of sp³-hybridized carbons (Fsp3) is 0.235. The van der Waals surface area contributed by atoms with Crippen LogP contribution < -0.4 is 9.74 Å². The molecule has 0 N–H and O–H groups in total. The number of benzene rings is 2. The number of rotatable bonds is 6. The Kier molecular flexibility index (Phi) is 5.18. The molecule has 2 aromatic carbocycles. The molecule has 0 aliphatic carbocycles. The van der Waals surface area contributed by atoms with Gasteiger partial charge in [-0.1, -0.05) is 35.5 Å². The maximum atomic E-state index is 5.29. The first-order valence-corrected chi connectivity index (χ1v) is 6.94. The summed E-state index contributed by atoms with van der Waals surface area (Å²) in [5.41, 5.74) is 2.26. The Morgan fingerprint density at radius 3 is 2.20 bits per heavy atom. The molecule has 0 aliphatic rings. The zero-order valence-electron chi connectivity index (χ0n) is 12.0. The zero-order chi connectivity index (χ0) is 14.2. The lowest BCUT2D eigenvalue weighted by Crippen LogP contribution is -2.21. The summed E-state index contributed by atoms with van der Waals surface area (Å²) in [6.07, 6.45) is 1.72. The summed E-state index contributed by atoms with van der Waals surface area (Å²) in [7, 11) is 0. The van der Waals surface area contributed by atoms with Crippen molar-refractivity contribution in [3.05, 3.63) is 60.2 Å². The maximum absolute atomic E-state index is 5.29. The van der Waals surface area contributed by atoms with Crippen LogP contribution in [0, 0.1) is 0 Å². The van der Waals surface area contributed by atoms with Crippen molar-refractivity contribution >= 4 is 11.9 Å². The van der Waals surface area contributed by atoms with Crippen molar-refractivity contribution in [3.8, 4) is 5.75 Å². The molecule has 20 heavy (non-hydrogen) atoms. The summed E-state index contributed by atoms with van der Waals surface area (Å²) in [5, 5.41) is 3.99. The van der Waals surface area contributed by atoms with E-state index in [1.54, 1.807) is 6.21 Å². The van der Waals surface area contributed by atoms with Gasteiger partial charge in [0, 0.05) is 18.8 Å². The minimum absolute atomic E-state index is 0.739. The average Bonchev–Trinajstić information content (AvgIpc) is 2.51. The summed E-state index contributed by atoms with van der Waals surface area (Å²) >= 11 is 0. The molecule has 2 aromatic rings. The van der Waals surface area contributed by atoms with E-state index in [0.717, 1.165) is 24.4 Å². The molecule has 0 heterocycles. The first-order chi connectivity index (χ1) is 9.83. The Morgan fingerprint density at radius 1 is 0.950 bits per heavy atom. The van der Waals surface area contributed by atoms with E-state index in [1.165, 1.54) is 5.69 Å². The molecule has 0 saturated heterocycles. The molecule has 3 nitrogen and oxygen atoms in total. The molecule has 3 heteroatoms. The number of anilines is 1. The van der Waals surface area contributed by atoms with E-state index in [9.17, 15) is 0 Å². The molecule has 0 bridgehead atoms. The third-order valence-electron chi connectivity index (χ3n) is 3.12. The minimum Gasteiger partial charge on any atom is -0.372 e. The Bertz CT molecular complexity index is 531. The standard InChI is InChI=1S/C17H20N2O/c1-3-19(4-2)16-12-10-15(11-13-16)14-18-20-17-8-6-5-7-9-17/h5-14H,3-4H2,1-2H3. The number of para-hydroxylation sites is 1. The van der Waals surface area contributed by atoms with Crippen LogP contribution in [-0.2, 0) is 0 Å². The van der Waals surface area contributed by atoms with Crippen LogP contribution in [0.4, 0.5) is 5.69 Å². The van der Waals surface area contributed by atoms with Crippen LogP contribution in [0.3, 0.4) is 0 Å². The van der Waals surface area contributed by atoms with Crippen LogP contribution in [0.15, 0.2) is 59.8 Å². The SMILES string of the molecule is CCN(CC)c1ccc(C=NOc2ccccc2)cc1. The lowest BCUT2D eigenvalue weighted by molar-refractivity contribution is 0.344. The number of nitrogens with zero attached hydrogens (tertiary/aromatic N) is 2. The van der Waals surface area contributed by atoms with Gasteiger partial charge < -0.3 is 9.74 Å². The Hall–Kier alpha value is -2.29. The number of oxime groups is 1. The van der Waals surface area contributed by atoms with Gasteiger partial charge in [0.05, 0.1) is 6.21 Å². The van der Waals surface area contributed by atoms with E-state index >= 15 is 0 Å². The molecule has 0 aliphatic heterocycles. The number of hydrogen-bond acceptors (Lipinski definition) is 3. The summed E-state index contributed by atoms with van der Waals surface area (Å²) in [6.45, 7) is 6.35. The average molecular weight is 268 g/mol. The molecular formula is C17H20N2O. The van der Waals surface area contributed by atoms with Crippen molar-refractivity contribution < 1.29 is 4.84 Å². The second-order valence-corrected chi connectivity index (χ2v) is 4.40. The summed E-state index contributed by atoms with van der Waals surface area (Å²) in [5.74, 6) is 0.739. The van der Waals surface area contributed by atoms with E-state index < -0.39 is 0 Å². The first-order valence-electron chi connectivity index (χ1n) is 6.94. The molecule has 0 amide bonds. The second-order valence-electron chi connectivity index (χ2n) is 4.40. The fourth-order valence-electron chi connectivity index (χ4n) is 1.99. The van der Waals surface area contributed by atoms with Crippen molar-refractivity contribution in [1.29, 1.82) is 0 Å². The molecule has 0 saturated carbocycles. The molecular weight excluding hydrogens is 248 g/mol. The van der Waals surface area contributed by atoms with Gasteiger partial charge in [0.25, 0.3) is 0 Å². The highest BCUT2D eigenvalue weighted by Crippen LogP contribution is 2.14. The molecule has 2 rings (SSSR count). The zero-order valence-corrected chi connectivity index (χ0v) is 12.0. The van der Waals surface area contributed by atoms with E-state index in [0.29, 0.717) is 0 Å². The lowest BCUT2D eigenvalue weighted by Gasteiger charge is -2.20. The van der Waals surface area contributed by atoms with Gasteiger partial charge in [-0.25, -0.2) is 0 Å². The van der Waals surface area contributed by atoms with E-state index in [-0.39, 0.29) is 0 Å². The third kappa shape index (κ3) is 3.85. The molecule has 0 radical (unpaired) electrons. The van der Waals surface area contributed by atoms with Crippen LogP contribution >= 0.6 is 0 Å². The predicted molar refractivity (Wildman–Crippen MR) is 84.7 cm³/mol. The van der Waals surface area contributed by atoms with E-state index in [1.807, 2.05) is 42.5 Å². The maximum Gasteiger partial charge on any atom is 0.157 e. The Labute approximate surface area is 120 Å². The first kappa shape index (κ1) is 14.1. The van der Waals surface area contributed by atoms with Crippen LogP contribution in [-0.4, -0.2) is 19.3 Å². The molecule has 0 unspecified atom stereocenters. The molecule has 0 spiro atoms. The topological polar surface area (TPSA) is 24.8 Å². The molecule has 0 fully saturated rings. The quantitative estimate of drug-likeness (QED) is 0.585. The normalized spacial score (nSPS) is 10.7. The summed E-state index contributed by atoms with van der Waals surface area (Å²) < 4.78 is 0. The molecule has 104 valence electrons. The highest BCUT2D eigenvalue weighted by Gasteiger charge is 2.00. The van der Waals surface area contributed by atoms with E-state index in [2.05, 4.69) is 36.0 Å². The third-order valence-corrected chi connectivity index (χ3v) is 3.12. The minimum atomic E-state index is 0.739. The highest BCUT2D eigenvalue weighted by atomic mass is 16.6. The van der Waals surface area contributed by atoms with Gasteiger partial charge in [0.1, 0.15) is 0 Å². The summed E-state index contributed by atoms with van der Waals surface area (Å²) in [4.78, 5) is 7.60. The van der Waals surface area contributed by atoms with Crippen molar-refractivity contribution in [1.82, 2.24) is 0 Å². The van der Waals surface area contributed by atoms with Crippen molar-refractivity contribution in [2.75, 3.05) is 18.0 Å². The number of hydrogen-bond donors (Lipinski definition) is 0. The Balaban J connectivity index is 1.97. The largest absolute Gasteiger partial charge is 0.372 e. The van der Waals surface area contributed by atoms with Gasteiger partial charge in [-0.05, 0) is 43.7 Å². The van der Waals surface area contributed by atoms with Crippen LogP contribution in [0.2, 0.25) is 0 Å². The van der Waals surface area contributed by atoms with Crippen molar-refractivity contribution in [3.63, 3.8) is 0 Å². The Morgan fingerprint density at radius 2 is 1.60 bits per heavy atom. The van der Waals surface area contributed by atoms with Crippen LogP contribution in [0.25, 0.3) is 0 Å². The van der Waals surface area contributed by atoms with Gasteiger partial charge in [0.15, 0.2) is 5.75 Å². The lowest BCUT2D eigenvalue weighted by atomic mass is 10.2. The van der Waals surface area contributed by atoms with Gasteiger partial charge in [0.2, 0.25) is 0 Å². The fourth-order valence-corrected chi connectivity index (χ4v) is 1.99. The molecule has 0 aromatic heterocycles. The van der Waals surface area contributed by atoms with E-state index in [4.69, 9.17) is 4.84 Å². The van der Waals surface area contributed by atoms with Gasteiger partial charge in [-0.3, -0.25) is 0 Å². The van der Waals surface area contributed by atoms with Crippen LogP contribution in [0.5, 0.6) is 5.75 Å². The summed E-state index contributed by atoms with van der Waals surface area (Å²) in [6, 6.07) is 17.8. The van der Waals surface area contributed by atoms with Crippen molar-refractivity contribution in [2.24, 2.45) is 5.16 Å². The van der Waals surface area contributed by atoms with Gasteiger partial charge >= 0.3 is 0 Å². The smallest absolute Gasteiger partial charge is 0.157 e.